The molecule has 0 fully saturated rings. The van der Waals surface area contributed by atoms with E-state index in [-0.39, 0.29) is 5.91 Å². The van der Waals surface area contributed by atoms with Crippen molar-refractivity contribution in [2.24, 2.45) is 5.92 Å². The van der Waals surface area contributed by atoms with Crippen molar-refractivity contribution in [3.8, 4) is 0 Å². The van der Waals surface area contributed by atoms with E-state index in [0.717, 1.165) is 32.5 Å². The first-order valence-electron chi connectivity index (χ1n) is 6.74. The number of hydrogen-bond donors (Lipinski definition) is 1. The average molecular weight is 266 g/mol. The Morgan fingerprint density at radius 2 is 2.44 bits per heavy atom. The number of nitrogens with one attached hydrogen (secondary N) is 1. The monoisotopic (exact) mass is 266 g/mol. The molecule has 4 heteroatoms. The number of carbonyl (C=O) groups is 1. The Morgan fingerprint density at radius 1 is 1.61 bits per heavy atom. The summed E-state index contributed by atoms with van der Waals surface area (Å²) in [5.74, 6) is 0.873. The van der Waals surface area contributed by atoms with Crippen LogP contribution >= 0.6 is 11.3 Å². The summed E-state index contributed by atoms with van der Waals surface area (Å²) in [4.78, 5) is 15.5. The van der Waals surface area contributed by atoms with Crippen LogP contribution in [0.25, 0.3) is 0 Å². The standard InChI is InChI=1S/C14H22N2OS/c1-3-11(2)8-15-9-14(17)16-6-4-13-12(10-16)5-7-18-13/h5,7,11,15H,3-4,6,8-10H2,1-2H3. The normalized spacial score (nSPS) is 16.4. The Labute approximate surface area is 113 Å². The molecule has 0 saturated heterocycles. The molecule has 0 spiro atoms. The number of carbonyl (C=O) groups excluding carboxylic acids is 1. The van der Waals surface area contributed by atoms with Crippen LogP contribution in [0, 0.1) is 5.92 Å². The van der Waals surface area contributed by atoms with E-state index in [1.54, 1.807) is 0 Å². The minimum absolute atomic E-state index is 0.232. The van der Waals surface area contributed by atoms with E-state index in [0.29, 0.717) is 12.5 Å². The number of amides is 1. The van der Waals surface area contributed by atoms with E-state index in [2.05, 4.69) is 30.6 Å². The van der Waals surface area contributed by atoms with Gasteiger partial charge in [-0.2, -0.15) is 0 Å². The highest BCUT2D eigenvalue weighted by atomic mass is 32.1. The minimum atomic E-state index is 0.232. The van der Waals surface area contributed by atoms with Crippen LogP contribution in [-0.2, 0) is 17.8 Å². The maximum Gasteiger partial charge on any atom is 0.236 e. The molecule has 2 rings (SSSR count). The summed E-state index contributed by atoms with van der Waals surface area (Å²) in [6, 6.07) is 2.14. The van der Waals surface area contributed by atoms with Crippen LogP contribution in [0.5, 0.6) is 0 Å². The van der Waals surface area contributed by atoms with Crippen molar-refractivity contribution in [2.75, 3.05) is 19.6 Å². The van der Waals surface area contributed by atoms with Crippen molar-refractivity contribution in [1.82, 2.24) is 10.2 Å². The van der Waals surface area contributed by atoms with Gasteiger partial charge in [0.15, 0.2) is 0 Å². The number of fused-ring (bicyclic) bond motifs is 1. The van der Waals surface area contributed by atoms with Crippen LogP contribution < -0.4 is 5.32 Å². The number of hydrogen-bond acceptors (Lipinski definition) is 3. The van der Waals surface area contributed by atoms with Crippen LogP contribution in [0.2, 0.25) is 0 Å². The molecule has 1 aromatic rings. The summed E-state index contributed by atoms with van der Waals surface area (Å²) in [5, 5.41) is 5.39. The third-order valence-electron chi connectivity index (χ3n) is 3.63. The van der Waals surface area contributed by atoms with Gasteiger partial charge in [-0.05, 0) is 35.9 Å². The summed E-state index contributed by atoms with van der Waals surface area (Å²) in [6.45, 7) is 7.45. The van der Waals surface area contributed by atoms with Crippen molar-refractivity contribution < 1.29 is 4.79 Å². The fourth-order valence-corrected chi connectivity index (χ4v) is 3.03. The zero-order valence-corrected chi connectivity index (χ0v) is 12.1. The van der Waals surface area contributed by atoms with Crippen LogP contribution in [0.3, 0.4) is 0 Å². The van der Waals surface area contributed by atoms with Gasteiger partial charge in [-0.25, -0.2) is 0 Å². The van der Waals surface area contributed by atoms with Gasteiger partial charge in [0.1, 0.15) is 0 Å². The van der Waals surface area contributed by atoms with Gasteiger partial charge in [-0.15, -0.1) is 11.3 Å². The molecule has 18 heavy (non-hydrogen) atoms. The van der Waals surface area contributed by atoms with Gasteiger partial charge in [-0.1, -0.05) is 20.3 Å². The van der Waals surface area contributed by atoms with Crippen molar-refractivity contribution in [1.29, 1.82) is 0 Å². The van der Waals surface area contributed by atoms with Crippen molar-refractivity contribution in [2.45, 2.75) is 33.2 Å². The van der Waals surface area contributed by atoms with Gasteiger partial charge in [0, 0.05) is 18.0 Å². The highest BCUT2D eigenvalue weighted by Gasteiger charge is 2.20. The lowest BCUT2D eigenvalue weighted by atomic mass is 10.1. The molecule has 1 unspecified atom stereocenters. The molecule has 1 aliphatic heterocycles. The molecular weight excluding hydrogens is 244 g/mol. The van der Waals surface area contributed by atoms with E-state index in [1.807, 2.05) is 16.2 Å². The Bertz CT molecular complexity index is 402. The number of thiophene rings is 1. The van der Waals surface area contributed by atoms with Crippen LogP contribution in [0.4, 0.5) is 0 Å². The second kappa shape index (κ2) is 6.34. The molecule has 1 aromatic heterocycles. The third kappa shape index (κ3) is 3.33. The molecule has 1 aliphatic rings. The van der Waals surface area contributed by atoms with Crippen molar-refractivity contribution >= 4 is 17.2 Å². The van der Waals surface area contributed by atoms with Gasteiger partial charge in [0.2, 0.25) is 5.91 Å². The van der Waals surface area contributed by atoms with Crippen LogP contribution in [0.15, 0.2) is 11.4 Å². The van der Waals surface area contributed by atoms with Crippen LogP contribution in [-0.4, -0.2) is 30.4 Å². The first kappa shape index (κ1) is 13.6. The Balaban J connectivity index is 1.77. The van der Waals surface area contributed by atoms with E-state index in [1.165, 1.54) is 10.4 Å². The molecule has 1 atom stereocenters. The zero-order valence-electron chi connectivity index (χ0n) is 11.2. The molecule has 0 radical (unpaired) electrons. The molecular formula is C14H22N2OS. The SMILES string of the molecule is CCC(C)CNCC(=O)N1CCc2sccc2C1. The van der Waals surface area contributed by atoms with Gasteiger partial charge in [0.25, 0.3) is 0 Å². The average Bonchev–Trinajstić information content (AvgIpc) is 2.85. The fraction of sp³-hybridized carbons (Fsp3) is 0.643. The Morgan fingerprint density at radius 3 is 3.22 bits per heavy atom. The molecule has 1 N–H and O–H groups in total. The topological polar surface area (TPSA) is 32.3 Å². The predicted molar refractivity (Wildman–Crippen MR) is 75.8 cm³/mol. The van der Waals surface area contributed by atoms with E-state index >= 15 is 0 Å². The van der Waals surface area contributed by atoms with Crippen molar-refractivity contribution in [3.05, 3.63) is 21.9 Å². The first-order valence-corrected chi connectivity index (χ1v) is 7.62. The summed E-state index contributed by atoms with van der Waals surface area (Å²) in [6.07, 6.45) is 2.17. The lowest BCUT2D eigenvalue weighted by molar-refractivity contribution is -0.131. The predicted octanol–water partition coefficient (Wildman–Crippen LogP) is 2.27. The quantitative estimate of drug-likeness (QED) is 0.886. The zero-order chi connectivity index (χ0) is 13.0. The molecule has 100 valence electrons. The third-order valence-corrected chi connectivity index (χ3v) is 4.65. The summed E-state index contributed by atoms with van der Waals surface area (Å²) < 4.78 is 0. The molecule has 0 aliphatic carbocycles. The molecule has 0 saturated carbocycles. The number of rotatable bonds is 5. The summed E-state index contributed by atoms with van der Waals surface area (Å²) in [5.41, 5.74) is 1.33. The first-order chi connectivity index (χ1) is 8.70. The van der Waals surface area contributed by atoms with E-state index < -0.39 is 0 Å². The highest BCUT2D eigenvalue weighted by molar-refractivity contribution is 7.10. The molecule has 0 bridgehead atoms. The van der Waals surface area contributed by atoms with Gasteiger partial charge in [0.05, 0.1) is 6.54 Å². The lowest BCUT2D eigenvalue weighted by Crippen LogP contribution is -2.41. The fourth-order valence-electron chi connectivity index (χ4n) is 2.14. The molecule has 3 nitrogen and oxygen atoms in total. The summed E-state index contributed by atoms with van der Waals surface area (Å²) >= 11 is 1.81. The molecule has 2 heterocycles. The minimum Gasteiger partial charge on any atom is -0.337 e. The molecule has 1 amide bonds. The maximum atomic E-state index is 12.1. The van der Waals surface area contributed by atoms with Gasteiger partial charge >= 0.3 is 0 Å². The Kier molecular flexibility index (Phi) is 4.78. The highest BCUT2D eigenvalue weighted by Crippen LogP contribution is 2.23. The Hall–Kier alpha value is -0.870. The lowest BCUT2D eigenvalue weighted by Gasteiger charge is -2.27. The van der Waals surface area contributed by atoms with E-state index in [9.17, 15) is 4.79 Å². The van der Waals surface area contributed by atoms with E-state index in [4.69, 9.17) is 0 Å². The van der Waals surface area contributed by atoms with Gasteiger partial charge in [-0.3, -0.25) is 4.79 Å². The summed E-state index contributed by atoms with van der Waals surface area (Å²) in [7, 11) is 0. The van der Waals surface area contributed by atoms with Crippen LogP contribution in [0.1, 0.15) is 30.7 Å². The number of nitrogens with zero attached hydrogens (tertiary/aromatic N) is 1. The second-order valence-corrected chi connectivity index (χ2v) is 6.08. The smallest absolute Gasteiger partial charge is 0.236 e. The largest absolute Gasteiger partial charge is 0.337 e. The van der Waals surface area contributed by atoms with Crippen molar-refractivity contribution in [3.63, 3.8) is 0 Å². The second-order valence-electron chi connectivity index (χ2n) is 5.08. The molecule has 0 aromatic carbocycles. The maximum absolute atomic E-state index is 12.1. The van der Waals surface area contributed by atoms with Gasteiger partial charge < -0.3 is 10.2 Å².